The molecule has 0 N–H and O–H groups in total. The Morgan fingerprint density at radius 3 is 1.90 bits per heavy atom. The molecule has 0 nitrogen and oxygen atoms in total. The number of hydrogen-bond donors (Lipinski definition) is 0. The number of fused-ring (bicyclic) bond motifs is 4. The van der Waals surface area contributed by atoms with Crippen molar-refractivity contribution in [2.75, 3.05) is 0 Å². The van der Waals surface area contributed by atoms with Gasteiger partial charge in [-0.1, -0.05) is 59.7 Å². The Labute approximate surface area is 118 Å². The van der Waals surface area contributed by atoms with Gasteiger partial charge < -0.3 is 0 Å². The zero-order chi connectivity index (χ0) is 13.7. The molecule has 0 unspecified atom stereocenters. The molecule has 0 saturated heterocycles. The molecule has 0 aliphatic rings. The molecule has 20 heavy (non-hydrogen) atoms. The average Bonchev–Trinajstić information content (AvgIpc) is 2.45. The summed E-state index contributed by atoms with van der Waals surface area (Å²) in [6.07, 6.45) is 0. The van der Waals surface area contributed by atoms with Gasteiger partial charge in [-0.15, -0.1) is 0 Å². The first kappa shape index (κ1) is 11.5. The van der Waals surface area contributed by atoms with E-state index in [1.54, 1.807) is 0 Å². The fourth-order valence-electron chi connectivity index (χ4n) is 3.03. The van der Waals surface area contributed by atoms with Gasteiger partial charge in [0.1, 0.15) is 0 Å². The molecular formula is C20H16. The summed E-state index contributed by atoms with van der Waals surface area (Å²) >= 11 is 0. The standard InChI is InChI=1S/C20H16/c1-13-4-6-16-11-17-8-7-15-5-3-14(2)10-19(15)20(17)12-18(16)9-13/h3-12H,1-2H3. The summed E-state index contributed by atoms with van der Waals surface area (Å²) in [5, 5.41) is 7.98. The molecule has 0 saturated carbocycles. The minimum absolute atomic E-state index is 1.31. The molecule has 0 heteroatoms. The lowest BCUT2D eigenvalue weighted by Gasteiger charge is -2.08. The van der Waals surface area contributed by atoms with E-state index in [1.165, 1.54) is 43.4 Å². The second-order valence-corrected chi connectivity index (χ2v) is 5.71. The van der Waals surface area contributed by atoms with Gasteiger partial charge >= 0.3 is 0 Å². The Balaban J connectivity index is 2.22. The van der Waals surface area contributed by atoms with Crippen molar-refractivity contribution in [2.45, 2.75) is 13.8 Å². The summed E-state index contributed by atoms with van der Waals surface area (Å²) in [6.45, 7) is 4.31. The third kappa shape index (κ3) is 1.69. The van der Waals surface area contributed by atoms with Crippen LogP contribution in [0.3, 0.4) is 0 Å². The second-order valence-electron chi connectivity index (χ2n) is 5.71. The van der Waals surface area contributed by atoms with E-state index in [9.17, 15) is 0 Å². The molecule has 4 aromatic carbocycles. The van der Waals surface area contributed by atoms with Crippen molar-refractivity contribution < 1.29 is 0 Å². The molecule has 0 atom stereocenters. The van der Waals surface area contributed by atoms with Gasteiger partial charge in [-0.25, -0.2) is 0 Å². The number of hydrogen-bond acceptors (Lipinski definition) is 0. The first-order valence-corrected chi connectivity index (χ1v) is 7.04. The highest BCUT2D eigenvalue weighted by atomic mass is 14.1. The van der Waals surface area contributed by atoms with Crippen molar-refractivity contribution in [1.29, 1.82) is 0 Å². The highest BCUT2D eigenvalue weighted by molar-refractivity contribution is 6.12. The topological polar surface area (TPSA) is 0 Å². The summed E-state index contributed by atoms with van der Waals surface area (Å²) in [4.78, 5) is 0. The Kier molecular flexibility index (Phi) is 2.34. The Morgan fingerprint density at radius 1 is 0.450 bits per heavy atom. The Hall–Kier alpha value is -2.34. The Bertz CT molecular complexity index is 956. The summed E-state index contributed by atoms with van der Waals surface area (Å²) < 4.78 is 0. The van der Waals surface area contributed by atoms with Gasteiger partial charge in [-0.05, 0) is 58.3 Å². The first-order valence-electron chi connectivity index (χ1n) is 7.04. The van der Waals surface area contributed by atoms with Gasteiger partial charge in [0, 0.05) is 0 Å². The summed E-state index contributed by atoms with van der Waals surface area (Å²) in [5.41, 5.74) is 2.63. The van der Waals surface area contributed by atoms with Crippen LogP contribution in [0.1, 0.15) is 11.1 Å². The quantitative estimate of drug-likeness (QED) is 0.277. The molecule has 0 aliphatic heterocycles. The average molecular weight is 256 g/mol. The summed E-state index contributed by atoms with van der Waals surface area (Å²) in [5.74, 6) is 0. The number of benzene rings is 4. The first-order chi connectivity index (χ1) is 9.70. The Morgan fingerprint density at radius 2 is 1.05 bits per heavy atom. The van der Waals surface area contributed by atoms with Crippen molar-refractivity contribution in [3.05, 3.63) is 71.8 Å². The van der Waals surface area contributed by atoms with Crippen molar-refractivity contribution in [2.24, 2.45) is 0 Å². The zero-order valence-electron chi connectivity index (χ0n) is 11.8. The van der Waals surface area contributed by atoms with Gasteiger partial charge in [-0.3, -0.25) is 0 Å². The molecular weight excluding hydrogens is 240 g/mol. The predicted molar refractivity (Wildman–Crippen MR) is 88.4 cm³/mol. The van der Waals surface area contributed by atoms with Gasteiger partial charge in [0.2, 0.25) is 0 Å². The monoisotopic (exact) mass is 256 g/mol. The van der Waals surface area contributed by atoms with Crippen molar-refractivity contribution in [3.8, 4) is 0 Å². The highest BCUT2D eigenvalue weighted by Gasteiger charge is 2.03. The minimum Gasteiger partial charge on any atom is -0.0587 e. The van der Waals surface area contributed by atoms with Crippen molar-refractivity contribution in [1.82, 2.24) is 0 Å². The number of aryl methyl sites for hydroxylation is 2. The van der Waals surface area contributed by atoms with Crippen LogP contribution in [0.5, 0.6) is 0 Å². The molecule has 0 bridgehead atoms. The lowest BCUT2D eigenvalue weighted by Crippen LogP contribution is -1.82. The maximum absolute atomic E-state index is 2.33. The molecule has 0 radical (unpaired) electrons. The normalized spacial score (nSPS) is 11.5. The molecule has 0 amide bonds. The highest BCUT2D eigenvalue weighted by Crippen LogP contribution is 2.30. The van der Waals surface area contributed by atoms with Gasteiger partial charge in [0.25, 0.3) is 0 Å². The maximum atomic E-state index is 2.33. The van der Waals surface area contributed by atoms with Crippen LogP contribution < -0.4 is 0 Å². The minimum atomic E-state index is 1.31. The van der Waals surface area contributed by atoms with Gasteiger partial charge in [0.15, 0.2) is 0 Å². The van der Waals surface area contributed by atoms with Crippen LogP contribution in [0.15, 0.2) is 60.7 Å². The van der Waals surface area contributed by atoms with Crippen molar-refractivity contribution >= 4 is 32.3 Å². The predicted octanol–water partition coefficient (Wildman–Crippen LogP) is 5.76. The third-order valence-corrected chi connectivity index (χ3v) is 4.11. The summed E-state index contributed by atoms with van der Waals surface area (Å²) in [7, 11) is 0. The second kappa shape index (κ2) is 4.08. The SMILES string of the molecule is Cc1ccc2cc3ccc4ccc(C)cc4c3cc2c1. The molecule has 0 spiro atoms. The lowest BCUT2D eigenvalue weighted by atomic mass is 9.97. The van der Waals surface area contributed by atoms with Crippen molar-refractivity contribution in [3.63, 3.8) is 0 Å². The van der Waals surface area contributed by atoms with E-state index in [1.807, 2.05) is 0 Å². The van der Waals surface area contributed by atoms with E-state index in [0.29, 0.717) is 0 Å². The van der Waals surface area contributed by atoms with Crippen LogP contribution in [0.25, 0.3) is 32.3 Å². The van der Waals surface area contributed by atoms with E-state index < -0.39 is 0 Å². The van der Waals surface area contributed by atoms with E-state index in [-0.39, 0.29) is 0 Å². The van der Waals surface area contributed by atoms with Gasteiger partial charge in [-0.2, -0.15) is 0 Å². The van der Waals surface area contributed by atoms with Crippen LogP contribution in [-0.2, 0) is 0 Å². The van der Waals surface area contributed by atoms with Crippen LogP contribution in [0.2, 0.25) is 0 Å². The maximum Gasteiger partial charge on any atom is -0.00989 e. The summed E-state index contributed by atoms with van der Waals surface area (Å²) in [6, 6.07) is 22.4. The molecule has 4 rings (SSSR count). The van der Waals surface area contributed by atoms with Crippen LogP contribution in [0, 0.1) is 13.8 Å². The lowest BCUT2D eigenvalue weighted by molar-refractivity contribution is 1.51. The van der Waals surface area contributed by atoms with Crippen LogP contribution in [0.4, 0.5) is 0 Å². The smallest absolute Gasteiger partial charge is 0.00989 e. The van der Waals surface area contributed by atoms with E-state index >= 15 is 0 Å². The molecule has 0 fully saturated rings. The molecule has 96 valence electrons. The van der Waals surface area contributed by atoms with E-state index in [0.717, 1.165) is 0 Å². The third-order valence-electron chi connectivity index (χ3n) is 4.11. The zero-order valence-corrected chi connectivity index (χ0v) is 11.8. The number of rotatable bonds is 0. The fraction of sp³-hybridized carbons (Fsp3) is 0.100. The molecule has 0 aliphatic carbocycles. The molecule has 0 aromatic heterocycles. The largest absolute Gasteiger partial charge is 0.0587 e. The van der Waals surface area contributed by atoms with Crippen LogP contribution >= 0.6 is 0 Å². The van der Waals surface area contributed by atoms with E-state index in [2.05, 4.69) is 74.5 Å². The molecule has 0 heterocycles. The fourth-order valence-corrected chi connectivity index (χ4v) is 3.03. The van der Waals surface area contributed by atoms with Gasteiger partial charge in [0.05, 0.1) is 0 Å². The van der Waals surface area contributed by atoms with Crippen LogP contribution in [-0.4, -0.2) is 0 Å². The molecule has 4 aromatic rings. The van der Waals surface area contributed by atoms with E-state index in [4.69, 9.17) is 0 Å².